The van der Waals surface area contributed by atoms with E-state index >= 15 is 0 Å². The SMILES string of the molecule is [C-]#[N+]/C(C#N)=C\Cc1c[nH]c2ncc(OCC(C)(C)C)nc12. The van der Waals surface area contributed by atoms with E-state index < -0.39 is 0 Å². The molecule has 0 bridgehead atoms. The maximum absolute atomic E-state index is 8.77. The normalized spacial score (nSPS) is 12.0. The molecular formula is C16H17N5O. The molecule has 22 heavy (non-hydrogen) atoms. The average Bonchev–Trinajstić information content (AvgIpc) is 2.88. The molecule has 0 aliphatic carbocycles. The molecule has 2 aromatic rings. The van der Waals surface area contributed by atoms with Gasteiger partial charge in [0.05, 0.1) is 25.4 Å². The smallest absolute Gasteiger partial charge is 0.258 e. The Morgan fingerprint density at radius 2 is 2.32 bits per heavy atom. The fourth-order valence-electron chi connectivity index (χ4n) is 1.76. The van der Waals surface area contributed by atoms with E-state index in [-0.39, 0.29) is 11.1 Å². The molecule has 0 atom stereocenters. The average molecular weight is 295 g/mol. The molecule has 0 unspecified atom stereocenters. The topological polar surface area (TPSA) is 79.0 Å². The zero-order valence-electron chi connectivity index (χ0n) is 12.8. The lowest BCUT2D eigenvalue weighted by atomic mass is 9.99. The summed E-state index contributed by atoms with van der Waals surface area (Å²) in [6.45, 7) is 13.7. The van der Waals surface area contributed by atoms with E-state index in [0.717, 1.165) is 5.56 Å². The van der Waals surface area contributed by atoms with Gasteiger partial charge in [-0.2, -0.15) is 0 Å². The number of fused-ring (bicyclic) bond motifs is 1. The van der Waals surface area contributed by atoms with E-state index in [9.17, 15) is 0 Å². The lowest BCUT2D eigenvalue weighted by Gasteiger charge is -2.17. The van der Waals surface area contributed by atoms with Crippen LogP contribution >= 0.6 is 0 Å². The van der Waals surface area contributed by atoms with Crippen molar-refractivity contribution in [2.45, 2.75) is 27.2 Å². The summed E-state index contributed by atoms with van der Waals surface area (Å²) in [4.78, 5) is 14.9. The Kier molecular flexibility index (Phi) is 4.43. The number of nitrogens with zero attached hydrogens (tertiary/aromatic N) is 4. The number of allylic oxidation sites excluding steroid dienone is 2. The van der Waals surface area contributed by atoms with Crippen LogP contribution in [0.2, 0.25) is 0 Å². The summed E-state index contributed by atoms with van der Waals surface area (Å²) in [5.74, 6) is 0.470. The van der Waals surface area contributed by atoms with Crippen LogP contribution in [0.4, 0.5) is 0 Å². The third-order valence-corrected chi connectivity index (χ3v) is 2.84. The first-order valence-electron chi connectivity index (χ1n) is 6.86. The Hall–Kier alpha value is -2.86. The van der Waals surface area contributed by atoms with Gasteiger partial charge in [-0.3, -0.25) is 0 Å². The molecule has 2 heterocycles. The van der Waals surface area contributed by atoms with Crippen LogP contribution in [0, 0.1) is 23.3 Å². The standard InChI is InChI=1S/C16H17N5O/c1-16(2,3)10-22-13-9-20-15-14(21-13)11(8-19-15)5-6-12(7-17)18-4/h6,8-9H,5,10H2,1-3H3,(H,19,20)/b12-6-. The van der Waals surface area contributed by atoms with Crippen LogP contribution < -0.4 is 4.74 Å². The number of aromatic nitrogens is 3. The minimum atomic E-state index is 0.0394. The van der Waals surface area contributed by atoms with Crippen LogP contribution in [0.15, 0.2) is 24.2 Å². The lowest BCUT2D eigenvalue weighted by Crippen LogP contribution is -2.17. The van der Waals surface area contributed by atoms with Crippen molar-refractivity contribution in [3.8, 4) is 11.9 Å². The van der Waals surface area contributed by atoms with Crippen molar-refractivity contribution >= 4 is 11.2 Å². The first-order chi connectivity index (χ1) is 10.4. The van der Waals surface area contributed by atoms with Gasteiger partial charge in [0.25, 0.3) is 5.70 Å². The third-order valence-electron chi connectivity index (χ3n) is 2.84. The number of nitriles is 1. The van der Waals surface area contributed by atoms with Gasteiger partial charge < -0.3 is 9.72 Å². The predicted octanol–water partition coefficient (Wildman–Crippen LogP) is 3.25. The van der Waals surface area contributed by atoms with Gasteiger partial charge in [-0.15, -0.1) is 0 Å². The number of hydrogen-bond acceptors (Lipinski definition) is 4. The summed E-state index contributed by atoms with van der Waals surface area (Å²) in [5, 5.41) is 8.77. The summed E-state index contributed by atoms with van der Waals surface area (Å²) in [7, 11) is 0. The molecule has 0 spiro atoms. The molecule has 6 nitrogen and oxygen atoms in total. The molecule has 2 aromatic heterocycles. The van der Waals surface area contributed by atoms with E-state index in [1.54, 1.807) is 18.5 Å². The van der Waals surface area contributed by atoms with Crippen molar-refractivity contribution < 1.29 is 4.74 Å². The number of aromatic amines is 1. The van der Waals surface area contributed by atoms with Crippen LogP contribution in [-0.2, 0) is 6.42 Å². The van der Waals surface area contributed by atoms with Gasteiger partial charge in [0.2, 0.25) is 5.88 Å². The highest BCUT2D eigenvalue weighted by atomic mass is 16.5. The second kappa shape index (κ2) is 6.28. The molecule has 112 valence electrons. The maximum Gasteiger partial charge on any atom is 0.258 e. The summed E-state index contributed by atoms with van der Waals surface area (Å²) in [5.41, 5.74) is 2.35. The number of nitrogens with one attached hydrogen (secondary N) is 1. The van der Waals surface area contributed by atoms with Crippen molar-refractivity contribution in [3.63, 3.8) is 0 Å². The maximum atomic E-state index is 8.77. The quantitative estimate of drug-likeness (QED) is 0.693. The Labute approximate surface area is 129 Å². The van der Waals surface area contributed by atoms with Crippen LogP contribution in [0.25, 0.3) is 16.0 Å². The molecule has 2 rings (SSSR count). The van der Waals surface area contributed by atoms with Crippen LogP contribution in [-0.4, -0.2) is 21.6 Å². The van der Waals surface area contributed by atoms with E-state index in [2.05, 4.69) is 40.6 Å². The molecule has 0 saturated carbocycles. The largest absolute Gasteiger partial charge is 0.476 e. The van der Waals surface area contributed by atoms with E-state index in [4.69, 9.17) is 16.6 Å². The van der Waals surface area contributed by atoms with Gasteiger partial charge >= 0.3 is 0 Å². The van der Waals surface area contributed by atoms with Gasteiger partial charge in [0.15, 0.2) is 5.65 Å². The van der Waals surface area contributed by atoms with E-state index in [1.165, 1.54) is 0 Å². The van der Waals surface area contributed by atoms with Crippen molar-refractivity contribution in [2.75, 3.05) is 6.61 Å². The molecule has 6 heteroatoms. The Balaban J connectivity index is 2.24. The van der Waals surface area contributed by atoms with Gasteiger partial charge in [0, 0.05) is 11.8 Å². The molecule has 0 aliphatic rings. The molecule has 0 saturated heterocycles. The lowest BCUT2D eigenvalue weighted by molar-refractivity contribution is 0.191. The van der Waals surface area contributed by atoms with E-state index in [1.807, 2.05) is 6.07 Å². The minimum absolute atomic E-state index is 0.0394. The fourth-order valence-corrected chi connectivity index (χ4v) is 1.76. The second-order valence-electron chi connectivity index (χ2n) is 6.09. The molecule has 0 aliphatic heterocycles. The molecule has 1 N–H and O–H groups in total. The summed E-state index contributed by atoms with van der Waals surface area (Å²) < 4.78 is 5.67. The van der Waals surface area contributed by atoms with Gasteiger partial charge in [-0.25, -0.2) is 20.1 Å². The first kappa shape index (κ1) is 15.5. The van der Waals surface area contributed by atoms with Crippen LogP contribution in [0.5, 0.6) is 5.88 Å². The highest BCUT2D eigenvalue weighted by Crippen LogP contribution is 2.20. The monoisotopic (exact) mass is 295 g/mol. The Morgan fingerprint density at radius 1 is 1.55 bits per heavy atom. The van der Waals surface area contributed by atoms with Crippen LogP contribution in [0.3, 0.4) is 0 Å². The van der Waals surface area contributed by atoms with Crippen LogP contribution in [0.1, 0.15) is 26.3 Å². The number of hydrogen-bond donors (Lipinski definition) is 1. The van der Waals surface area contributed by atoms with Gasteiger partial charge in [-0.1, -0.05) is 26.8 Å². The second-order valence-corrected chi connectivity index (χ2v) is 6.09. The van der Waals surface area contributed by atoms with Crippen molar-refractivity contribution in [1.29, 1.82) is 5.26 Å². The van der Waals surface area contributed by atoms with Crippen molar-refractivity contribution in [1.82, 2.24) is 15.0 Å². The number of H-pyrrole nitrogens is 1. The zero-order valence-corrected chi connectivity index (χ0v) is 12.8. The van der Waals surface area contributed by atoms with E-state index in [0.29, 0.717) is 30.1 Å². The first-order valence-corrected chi connectivity index (χ1v) is 6.86. The molecule has 0 radical (unpaired) electrons. The highest BCUT2D eigenvalue weighted by Gasteiger charge is 2.13. The molecule has 0 amide bonds. The highest BCUT2D eigenvalue weighted by molar-refractivity contribution is 5.75. The number of rotatable bonds is 4. The Bertz CT molecular complexity index is 767. The van der Waals surface area contributed by atoms with Gasteiger partial charge in [0.1, 0.15) is 5.52 Å². The summed E-state index contributed by atoms with van der Waals surface area (Å²) in [6.07, 6.45) is 5.40. The third kappa shape index (κ3) is 3.83. The minimum Gasteiger partial charge on any atom is -0.476 e. The molecule has 0 aromatic carbocycles. The zero-order chi connectivity index (χ0) is 16.2. The van der Waals surface area contributed by atoms with Gasteiger partial charge in [-0.05, 0) is 11.8 Å². The summed E-state index contributed by atoms with van der Waals surface area (Å²) >= 11 is 0. The van der Waals surface area contributed by atoms with Crippen molar-refractivity contribution in [2.24, 2.45) is 5.41 Å². The van der Waals surface area contributed by atoms with Crippen molar-refractivity contribution in [3.05, 3.63) is 41.1 Å². The molecule has 0 fully saturated rings. The predicted molar refractivity (Wildman–Crippen MR) is 82.8 cm³/mol. The Morgan fingerprint density at radius 3 is 2.95 bits per heavy atom. The number of ether oxygens (including phenoxy) is 1. The molecular weight excluding hydrogens is 278 g/mol. The summed E-state index contributed by atoms with van der Waals surface area (Å²) in [6, 6.07) is 1.85. The fraction of sp³-hybridized carbons (Fsp3) is 0.375.